The molecular weight excluding hydrogens is 334 g/mol. The highest BCUT2D eigenvalue weighted by atomic mass is 16.3. The van der Waals surface area contributed by atoms with E-state index in [0.29, 0.717) is 0 Å². The molecular formula is C23H25N3O. The average Bonchev–Trinajstić information content (AvgIpc) is 2.74. The number of benzene rings is 2. The summed E-state index contributed by atoms with van der Waals surface area (Å²) in [5, 5.41) is 10.9. The van der Waals surface area contributed by atoms with Gasteiger partial charge >= 0.3 is 0 Å². The maximum Gasteiger partial charge on any atom is 0.134 e. The van der Waals surface area contributed by atoms with Gasteiger partial charge in [0.05, 0.1) is 12.1 Å². The minimum atomic E-state index is 0.0210. The Morgan fingerprint density at radius 1 is 0.926 bits per heavy atom. The first-order valence-corrected chi connectivity index (χ1v) is 9.52. The molecule has 1 N–H and O–H groups in total. The Balaban J connectivity index is 1.40. The zero-order valence-electron chi connectivity index (χ0n) is 15.5. The van der Waals surface area contributed by atoms with Crippen molar-refractivity contribution >= 4 is 22.8 Å². The number of hydrogen-bond acceptors (Lipinski definition) is 4. The second kappa shape index (κ2) is 8.33. The first-order chi connectivity index (χ1) is 13.3. The second-order valence-electron chi connectivity index (χ2n) is 6.92. The summed E-state index contributed by atoms with van der Waals surface area (Å²) < 4.78 is 0. The fourth-order valence-electron chi connectivity index (χ4n) is 3.58. The summed E-state index contributed by atoms with van der Waals surface area (Å²) in [6.07, 6.45) is 4.42. The largest absolute Gasteiger partial charge is 0.392 e. The lowest BCUT2D eigenvalue weighted by atomic mass is 10.1. The lowest BCUT2D eigenvalue weighted by molar-refractivity contribution is 0.274. The molecule has 1 aliphatic heterocycles. The molecule has 0 atom stereocenters. The van der Waals surface area contributed by atoms with Crippen molar-refractivity contribution in [3.8, 4) is 0 Å². The van der Waals surface area contributed by atoms with Crippen LogP contribution in [0.4, 0.5) is 5.82 Å². The fourth-order valence-corrected chi connectivity index (χ4v) is 3.58. The SMILES string of the molecule is OCc1cc2ccccc2nc1N1CCN(CC=Cc2ccccc2)CC1. The molecule has 1 aromatic heterocycles. The molecule has 4 nitrogen and oxygen atoms in total. The third-order valence-electron chi connectivity index (χ3n) is 5.10. The van der Waals surface area contributed by atoms with Gasteiger partial charge in [0.1, 0.15) is 5.82 Å². The van der Waals surface area contributed by atoms with Crippen LogP contribution in [0.3, 0.4) is 0 Å². The van der Waals surface area contributed by atoms with E-state index in [1.54, 1.807) is 0 Å². The molecule has 0 unspecified atom stereocenters. The Hall–Kier alpha value is -2.69. The van der Waals surface area contributed by atoms with E-state index in [1.807, 2.05) is 30.3 Å². The summed E-state index contributed by atoms with van der Waals surface area (Å²) in [4.78, 5) is 9.58. The van der Waals surface area contributed by atoms with E-state index in [1.165, 1.54) is 5.56 Å². The number of pyridine rings is 1. The Morgan fingerprint density at radius 2 is 1.67 bits per heavy atom. The van der Waals surface area contributed by atoms with Crippen molar-refractivity contribution in [3.05, 3.63) is 77.9 Å². The zero-order valence-corrected chi connectivity index (χ0v) is 15.5. The van der Waals surface area contributed by atoms with Gasteiger partial charge in [-0.1, -0.05) is 60.7 Å². The number of fused-ring (bicyclic) bond motifs is 1. The van der Waals surface area contributed by atoms with E-state index in [-0.39, 0.29) is 6.61 Å². The molecule has 0 spiro atoms. The third-order valence-corrected chi connectivity index (χ3v) is 5.10. The molecule has 0 radical (unpaired) electrons. The first kappa shape index (κ1) is 17.7. The van der Waals surface area contributed by atoms with Crippen LogP contribution in [0.2, 0.25) is 0 Å². The molecule has 138 valence electrons. The second-order valence-corrected chi connectivity index (χ2v) is 6.92. The number of rotatable bonds is 5. The number of aliphatic hydroxyl groups is 1. The molecule has 0 bridgehead atoms. The highest BCUT2D eigenvalue weighted by Crippen LogP contribution is 2.24. The van der Waals surface area contributed by atoms with E-state index < -0.39 is 0 Å². The van der Waals surface area contributed by atoms with Crippen molar-refractivity contribution in [1.29, 1.82) is 0 Å². The number of anilines is 1. The first-order valence-electron chi connectivity index (χ1n) is 9.52. The average molecular weight is 359 g/mol. The quantitative estimate of drug-likeness (QED) is 0.756. The molecule has 4 rings (SSSR count). The van der Waals surface area contributed by atoms with E-state index in [4.69, 9.17) is 4.98 Å². The predicted octanol–water partition coefficient (Wildman–Crippen LogP) is 3.56. The summed E-state index contributed by atoms with van der Waals surface area (Å²) in [7, 11) is 0. The lowest BCUT2D eigenvalue weighted by Crippen LogP contribution is -2.47. The Labute approximate surface area is 160 Å². The van der Waals surface area contributed by atoms with E-state index in [9.17, 15) is 5.11 Å². The molecule has 0 aliphatic carbocycles. The van der Waals surface area contributed by atoms with Gasteiger partial charge in [-0.15, -0.1) is 0 Å². The van der Waals surface area contributed by atoms with Crippen molar-refractivity contribution < 1.29 is 5.11 Å². The van der Waals surface area contributed by atoms with Crippen LogP contribution in [0.25, 0.3) is 17.0 Å². The van der Waals surface area contributed by atoms with Crippen molar-refractivity contribution in [2.45, 2.75) is 6.61 Å². The summed E-state index contributed by atoms with van der Waals surface area (Å²) in [5.41, 5.74) is 3.13. The van der Waals surface area contributed by atoms with Gasteiger partial charge < -0.3 is 10.0 Å². The lowest BCUT2D eigenvalue weighted by Gasteiger charge is -2.35. The Morgan fingerprint density at radius 3 is 2.44 bits per heavy atom. The molecule has 27 heavy (non-hydrogen) atoms. The molecule has 1 saturated heterocycles. The normalized spacial score (nSPS) is 15.7. The molecule has 2 heterocycles. The third kappa shape index (κ3) is 4.18. The van der Waals surface area contributed by atoms with Crippen molar-refractivity contribution in [1.82, 2.24) is 9.88 Å². The van der Waals surface area contributed by atoms with E-state index in [0.717, 1.165) is 55.0 Å². The molecule has 4 heteroatoms. The van der Waals surface area contributed by atoms with Gasteiger partial charge in [0, 0.05) is 43.7 Å². The number of piperazine rings is 1. The number of para-hydroxylation sites is 1. The topological polar surface area (TPSA) is 39.6 Å². The van der Waals surface area contributed by atoms with Gasteiger partial charge in [-0.3, -0.25) is 4.90 Å². The smallest absolute Gasteiger partial charge is 0.134 e. The van der Waals surface area contributed by atoms with Crippen LogP contribution in [0, 0.1) is 0 Å². The highest BCUT2D eigenvalue weighted by Gasteiger charge is 2.20. The molecule has 3 aromatic rings. The van der Waals surface area contributed by atoms with Crippen LogP contribution in [-0.4, -0.2) is 47.7 Å². The van der Waals surface area contributed by atoms with Crippen LogP contribution in [0.1, 0.15) is 11.1 Å². The molecule has 2 aromatic carbocycles. The van der Waals surface area contributed by atoms with Crippen LogP contribution in [0.15, 0.2) is 66.7 Å². The van der Waals surface area contributed by atoms with E-state index >= 15 is 0 Å². The summed E-state index contributed by atoms with van der Waals surface area (Å²) in [6.45, 7) is 4.83. The number of hydrogen-bond donors (Lipinski definition) is 1. The standard InChI is InChI=1S/C23H25N3O/c27-18-21-17-20-10-4-5-11-22(20)24-23(21)26-15-13-25(14-16-26)12-6-9-19-7-2-1-3-8-19/h1-11,17,27H,12-16,18H2. The van der Waals surface area contributed by atoms with Gasteiger partial charge in [0.25, 0.3) is 0 Å². The van der Waals surface area contributed by atoms with E-state index in [2.05, 4.69) is 52.3 Å². The van der Waals surface area contributed by atoms with Crippen molar-refractivity contribution in [3.63, 3.8) is 0 Å². The minimum Gasteiger partial charge on any atom is -0.392 e. The maximum atomic E-state index is 9.80. The summed E-state index contributed by atoms with van der Waals surface area (Å²) in [6, 6.07) is 20.6. The zero-order chi connectivity index (χ0) is 18.5. The van der Waals surface area contributed by atoms with Crippen LogP contribution in [0.5, 0.6) is 0 Å². The fraction of sp³-hybridized carbons (Fsp3) is 0.261. The molecule has 1 aliphatic rings. The number of aromatic nitrogens is 1. The molecule has 1 fully saturated rings. The minimum absolute atomic E-state index is 0.0210. The van der Waals surface area contributed by atoms with Gasteiger partial charge in [0.15, 0.2) is 0 Å². The van der Waals surface area contributed by atoms with Crippen LogP contribution < -0.4 is 4.90 Å². The number of aliphatic hydroxyl groups excluding tert-OH is 1. The van der Waals surface area contributed by atoms with Gasteiger partial charge in [-0.25, -0.2) is 4.98 Å². The Bertz CT molecular complexity index is 915. The Kier molecular flexibility index (Phi) is 5.47. The van der Waals surface area contributed by atoms with Gasteiger partial charge in [-0.05, 0) is 17.7 Å². The van der Waals surface area contributed by atoms with Gasteiger partial charge in [0.2, 0.25) is 0 Å². The monoisotopic (exact) mass is 359 g/mol. The molecule has 0 amide bonds. The highest BCUT2D eigenvalue weighted by molar-refractivity contribution is 5.81. The summed E-state index contributed by atoms with van der Waals surface area (Å²) >= 11 is 0. The van der Waals surface area contributed by atoms with Crippen LogP contribution in [-0.2, 0) is 6.61 Å². The number of nitrogens with zero attached hydrogens (tertiary/aromatic N) is 3. The predicted molar refractivity (Wildman–Crippen MR) is 112 cm³/mol. The van der Waals surface area contributed by atoms with Gasteiger partial charge in [-0.2, -0.15) is 0 Å². The van der Waals surface area contributed by atoms with Crippen molar-refractivity contribution in [2.24, 2.45) is 0 Å². The maximum absolute atomic E-state index is 9.80. The molecule has 0 saturated carbocycles. The summed E-state index contributed by atoms with van der Waals surface area (Å²) in [5.74, 6) is 0.927. The van der Waals surface area contributed by atoms with Crippen molar-refractivity contribution in [2.75, 3.05) is 37.6 Å². The van der Waals surface area contributed by atoms with Crippen LogP contribution >= 0.6 is 0 Å².